The van der Waals surface area contributed by atoms with Crippen LogP contribution in [0.1, 0.15) is 32.6 Å². The van der Waals surface area contributed by atoms with Crippen LogP contribution in [-0.4, -0.2) is 38.0 Å². The average molecular weight is 272 g/mol. The summed E-state index contributed by atoms with van der Waals surface area (Å²) in [5.41, 5.74) is 1.73. The fourth-order valence-electron chi connectivity index (χ4n) is 3.63. The lowest BCUT2D eigenvalue weighted by Gasteiger charge is -2.33. The van der Waals surface area contributed by atoms with Gasteiger partial charge in [0.2, 0.25) is 0 Å². The summed E-state index contributed by atoms with van der Waals surface area (Å²) in [7, 11) is 1.69. The van der Waals surface area contributed by atoms with Gasteiger partial charge in [0.1, 0.15) is 0 Å². The minimum atomic E-state index is -2.37. The smallest absolute Gasteiger partial charge is 0.380 e. The Labute approximate surface area is 107 Å². The first kappa shape index (κ1) is 13.5. The molecule has 2 atom stereocenters. The summed E-state index contributed by atoms with van der Waals surface area (Å²) in [5.74, 6) is 0.929. The predicted molar refractivity (Wildman–Crippen MR) is 73.4 cm³/mol. The summed E-state index contributed by atoms with van der Waals surface area (Å²) >= 11 is 0. The van der Waals surface area contributed by atoms with E-state index in [2.05, 4.69) is 6.92 Å². The van der Waals surface area contributed by atoms with E-state index >= 15 is 0 Å². The molecule has 2 rings (SSSR count). The van der Waals surface area contributed by atoms with Crippen LogP contribution in [0.2, 0.25) is 6.04 Å². The van der Waals surface area contributed by atoms with Crippen molar-refractivity contribution in [2.75, 3.05) is 21.3 Å². The van der Waals surface area contributed by atoms with Crippen molar-refractivity contribution in [3.05, 3.63) is 10.8 Å². The van der Waals surface area contributed by atoms with Crippen LogP contribution in [0, 0.1) is 5.92 Å². The van der Waals surface area contributed by atoms with E-state index in [1.807, 2.05) is 0 Å². The van der Waals surface area contributed by atoms with Crippen molar-refractivity contribution in [1.82, 2.24) is 0 Å². The average Bonchev–Trinajstić information content (AvgIpc) is 2.98. The molecule has 0 amide bonds. The van der Waals surface area contributed by atoms with Crippen LogP contribution >= 0.6 is 0 Å². The van der Waals surface area contributed by atoms with Gasteiger partial charge in [0, 0.05) is 21.3 Å². The molecule has 0 aromatic heterocycles. The van der Waals surface area contributed by atoms with E-state index < -0.39 is 16.6 Å². The molecule has 0 N–H and O–H groups in total. The van der Waals surface area contributed by atoms with Crippen LogP contribution < -0.4 is 0 Å². The van der Waals surface area contributed by atoms with Gasteiger partial charge in [-0.1, -0.05) is 23.7 Å². The van der Waals surface area contributed by atoms with Crippen molar-refractivity contribution >= 4 is 16.6 Å². The summed E-state index contributed by atoms with van der Waals surface area (Å²) in [6.45, 7) is 2.27. The maximum atomic E-state index is 5.73. The molecular weight excluding hydrogens is 248 g/mol. The molecule has 0 heterocycles. The Hall–Kier alpha value is 0.0538. The van der Waals surface area contributed by atoms with Crippen molar-refractivity contribution in [2.45, 2.75) is 38.7 Å². The highest BCUT2D eigenvalue weighted by Gasteiger charge is 2.51. The van der Waals surface area contributed by atoms with E-state index in [9.17, 15) is 0 Å². The summed E-state index contributed by atoms with van der Waals surface area (Å²) in [5, 5.41) is 1.74. The van der Waals surface area contributed by atoms with Gasteiger partial charge in [0.05, 0.1) is 0 Å². The van der Waals surface area contributed by atoms with Crippen molar-refractivity contribution < 1.29 is 13.3 Å². The Morgan fingerprint density at radius 2 is 1.82 bits per heavy atom. The zero-order valence-electron chi connectivity index (χ0n) is 11.4. The van der Waals surface area contributed by atoms with E-state index in [-0.39, 0.29) is 0 Å². The molecule has 1 fully saturated rings. The molecule has 3 nitrogen and oxygen atoms in total. The van der Waals surface area contributed by atoms with Crippen LogP contribution in [0.5, 0.6) is 0 Å². The van der Waals surface area contributed by atoms with Gasteiger partial charge in [-0.05, 0) is 31.6 Å². The molecule has 2 aliphatic carbocycles. The number of fused-ring (bicyclic) bond motifs is 2. The van der Waals surface area contributed by atoms with Crippen molar-refractivity contribution in [3.8, 4) is 0 Å². The maximum Gasteiger partial charge on any atom is 0.470 e. The maximum absolute atomic E-state index is 5.73. The molecule has 0 aromatic rings. The van der Waals surface area contributed by atoms with E-state index in [0.29, 0.717) is 0 Å². The first-order valence-electron chi connectivity index (χ1n) is 6.57. The molecule has 1 saturated carbocycles. The summed E-state index contributed by atoms with van der Waals surface area (Å²) in [6, 6.07) is 1.19. The molecule has 0 radical (unpaired) electrons. The fourth-order valence-corrected chi connectivity index (χ4v) is 14.1. The molecule has 2 bridgehead atoms. The first-order chi connectivity index (χ1) is 8.20. The number of hydrogen-bond acceptors (Lipinski definition) is 3. The third-order valence-corrected chi connectivity index (χ3v) is 16.3. The Bertz CT molecular complexity index is 305. The summed E-state index contributed by atoms with van der Waals surface area (Å²) in [4.78, 5) is 0. The molecular formula is C12H24O3Si2. The second kappa shape index (κ2) is 5.36. The minimum Gasteiger partial charge on any atom is -0.380 e. The van der Waals surface area contributed by atoms with Crippen LogP contribution in [-0.2, 0) is 13.3 Å². The lowest BCUT2D eigenvalue weighted by atomic mass is 10.1. The highest BCUT2D eigenvalue weighted by Crippen LogP contribution is 2.46. The molecule has 0 aliphatic heterocycles. The molecule has 0 saturated heterocycles. The summed E-state index contributed by atoms with van der Waals surface area (Å²) in [6.07, 6.45) is 5.39. The molecule has 0 aromatic carbocycles. The largest absolute Gasteiger partial charge is 0.470 e. The van der Waals surface area contributed by atoms with Crippen LogP contribution in [0.3, 0.4) is 0 Å². The van der Waals surface area contributed by atoms with Gasteiger partial charge in [0.15, 0.2) is 8.31 Å². The van der Waals surface area contributed by atoms with E-state index in [4.69, 9.17) is 13.3 Å². The molecule has 2 aliphatic rings. The van der Waals surface area contributed by atoms with Crippen molar-refractivity contribution in [1.29, 1.82) is 0 Å². The lowest BCUT2D eigenvalue weighted by Crippen LogP contribution is -2.58. The number of hydrogen-bond donors (Lipinski definition) is 0. The zero-order valence-corrected chi connectivity index (χ0v) is 13.6. The van der Waals surface area contributed by atoms with E-state index in [0.717, 1.165) is 5.92 Å². The van der Waals surface area contributed by atoms with Gasteiger partial charge in [0.25, 0.3) is 0 Å². The topological polar surface area (TPSA) is 27.7 Å². The minimum absolute atomic E-state index is 0.929. The SMILES string of the molecule is CC[SiH](C1=C2CCC(C2)C1)[Si](OC)(OC)OC. The van der Waals surface area contributed by atoms with Crippen molar-refractivity contribution in [3.63, 3.8) is 0 Å². The van der Waals surface area contributed by atoms with Gasteiger partial charge in [-0.2, -0.15) is 0 Å². The normalized spacial score (nSPS) is 25.8. The third kappa shape index (κ3) is 2.19. The van der Waals surface area contributed by atoms with E-state index in [1.54, 1.807) is 32.1 Å². The van der Waals surface area contributed by atoms with Gasteiger partial charge < -0.3 is 13.3 Å². The standard InChI is InChI=1S/C12H24O3Si2/c1-5-16(17(13-2,14-3)15-4)12-9-10-6-7-11(12)8-10/h10,16H,5-9H2,1-4H3. The highest BCUT2D eigenvalue weighted by atomic mass is 29.3. The quantitative estimate of drug-likeness (QED) is 0.694. The molecule has 5 heteroatoms. The monoisotopic (exact) mass is 272 g/mol. The Kier molecular flexibility index (Phi) is 4.25. The lowest BCUT2D eigenvalue weighted by molar-refractivity contribution is 0.147. The van der Waals surface area contributed by atoms with Crippen LogP contribution in [0.15, 0.2) is 10.8 Å². The Balaban J connectivity index is 2.27. The zero-order chi connectivity index (χ0) is 12.5. The van der Waals surface area contributed by atoms with Crippen LogP contribution in [0.4, 0.5) is 0 Å². The predicted octanol–water partition coefficient (Wildman–Crippen LogP) is 2.23. The second-order valence-corrected chi connectivity index (χ2v) is 14.4. The van der Waals surface area contributed by atoms with Crippen LogP contribution in [0.25, 0.3) is 0 Å². The molecule has 0 spiro atoms. The second-order valence-electron chi connectivity index (χ2n) is 5.12. The molecule has 17 heavy (non-hydrogen) atoms. The fraction of sp³-hybridized carbons (Fsp3) is 0.833. The van der Waals surface area contributed by atoms with Gasteiger partial charge in [-0.3, -0.25) is 0 Å². The Morgan fingerprint density at radius 3 is 2.18 bits per heavy atom. The van der Waals surface area contributed by atoms with E-state index in [1.165, 1.54) is 31.7 Å². The number of allylic oxidation sites excluding steroid dienone is 2. The Morgan fingerprint density at radius 1 is 1.18 bits per heavy atom. The highest BCUT2D eigenvalue weighted by molar-refractivity contribution is 7.27. The third-order valence-electron chi connectivity index (χ3n) is 4.46. The van der Waals surface area contributed by atoms with Gasteiger partial charge >= 0.3 is 8.32 Å². The number of rotatable bonds is 6. The van der Waals surface area contributed by atoms with Gasteiger partial charge in [-0.25, -0.2) is 0 Å². The van der Waals surface area contributed by atoms with Crippen molar-refractivity contribution in [2.24, 2.45) is 5.92 Å². The first-order valence-corrected chi connectivity index (χ1v) is 11.5. The van der Waals surface area contributed by atoms with Gasteiger partial charge in [-0.15, -0.1) is 0 Å². The molecule has 2 unspecified atom stereocenters. The summed E-state index contributed by atoms with van der Waals surface area (Å²) < 4.78 is 17.2. The molecule has 98 valence electrons.